The van der Waals surface area contributed by atoms with Crippen molar-refractivity contribution < 1.29 is 19.9 Å². The second-order valence-corrected chi connectivity index (χ2v) is 3.90. The normalized spacial score (nSPS) is 11.9. The molecule has 7 nitrogen and oxygen atoms in total. The summed E-state index contributed by atoms with van der Waals surface area (Å²) in [7, 11) is 0. The number of aliphatic hydroxyl groups is 2. The quantitative estimate of drug-likeness (QED) is 0.529. The van der Waals surface area contributed by atoms with Crippen molar-refractivity contribution in [2.75, 3.05) is 13.2 Å². The topological polar surface area (TPSA) is 113 Å². The molecule has 0 bridgehead atoms. The van der Waals surface area contributed by atoms with Crippen molar-refractivity contribution >= 4 is 23.2 Å². The molecule has 1 rings (SSSR count). The first-order chi connectivity index (χ1) is 8.45. The van der Waals surface area contributed by atoms with Gasteiger partial charge in [0, 0.05) is 17.6 Å². The number of nitrogens with one attached hydrogen (secondary N) is 1. The molecule has 3 N–H and O–H groups in total. The predicted molar refractivity (Wildman–Crippen MR) is 63.5 cm³/mol. The van der Waals surface area contributed by atoms with E-state index in [0.717, 1.165) is 6.07 Å². The Morgan fingerprint density at radius 2 is 2.22 bits per heavy atom. The number of rotatable bonds is 5. The number of nitro benzene ring substituents is 1. The molecule has 1 aromatic carbocycles. The summed E-state index contributed by atoms with van der Waals surface area (Å²) in [6.07, 6.45) is -1.12. The smallest absolute Gasteiger partial charge is 0.282 e. The van der Waals surface area contributed by atoms with Gasteiger partial charge >= 0.3 is 0 Å². The van der Waals surface area contributed by atoms with Gasteiger partial charge in [-0.05, 0) is 12.1 Å². The van der Waals surface area contributed by atoms with Crippen LogP contribution in [0, 0.1) is 10.1 Å². The molecule has 0 spiro atoms. The Balaban J connectivity index is 2.90. The Hall–Kier alpha value is -1.70. The number of hydrogen-bond donors (Lipinski definition) is 3. The van der Waals surface area contributed by atoms with Gasteiger partial charge in [-0.3, -0.25) is 14.9 Å². The van der Waals surface area contributed by atoms with E-state index in [1.54, 1.807) is 0 Å². The number of carbonyl (C=O) groups is 1. The molecule has 98 valence electrons. The fraction of sp³-hybridized carbons (Fsp3) is 0.300. The van der Waals surface area contributed by atoms with Crippen molar-refractivity contribution in [3.05, 3.63) is 38.9 Å². The molecule has 0 saturated heterocycles. The SMILES string of the molecule is O=C(NCC(O)CO)c1cc(Cl)ccc1[N+](=O)[O-]. The molecule has 18 heavy (non-hydrogen) atoms. The summed E-state index contributed by atoms with van der Waals surface area (Å²) in [6, 6.07) is 3.60. The highest BCUT2D eigenvalue weighted by Gasteiger charge is 2.20. The van der Waals surface area contributed by atoms with Crippen LogP contribution in [-0.4, -0.2) is 40.3 Å². The molecule has 0 saturated carbocycles. The molecule has 0 aliphatic carbocycles. The highest BCUT2D eigenvalue weighted by molar-refractivity contribution is 6.31. The van der Waals surface area contributed by atoms with Crippen molar-refractivity contribution in [2.24, 2.45) is 0 Å². The van der Waals surface area contributed by atoms with Gasteiger partial charge in [-0.2, -0.15) is 0 Å². The first-order valence-electron chi connectivity index (χ1n) is 4.96. The van der Waals surface area contributed by atoms with E-state index in [-0.39, 0.29) is 22.8 Å². The van der Waals surface area contributed by atoms with Crippen LogP contribution in [-0.2, 0) is 0 Å². The number of hydrogen-bond acceptors (Lipinski definition) is 5. The third-order valence-electron chi connectivity index (χ3n) is 2.11. The zero-order valence-electron chi connectivity index (χ0n) is 9.17. The molecule has 0 aliphatic rings. The Morgan fingerprint density at radius 3 is 2.78 bits per heavy atom. The Kier molecular flexibility index (Phi) is 5.02. The van der Waals surface area contributed by atoms with Crippen LogP contribution in [0.5, 0.6) is 0 Å². The van der Waals surface area contributed by atoms with Crippen LogP contribution in [0.3, 0.4) is 0 Å². The molecule has 1 atom stereocenters. The van der Waals surface area contributed by atoms with E-state index in [4.69, 9.17) is 21.8 Å². The number of carbonyl (C=O) groups excluding carboxylic acids is 1. The first kappa shape index (κ1) is 14.4. The lowest BCUT2D eigenvalue weighted by molar-refractivity contribution is -0.385. The fourth-order valence-electron chi connectivity index (χ4n) is 1.22. The number of amides is 1. The maximum absolute atomic E-state index is 11.7. The van der Waals surface area contributed by atoms with E-state index in [1.807, 2.05) is 0 Å². The third kappa shape index (κ3) is 3.66. The van der Waals surface area contributed by atoms with Gasteiger partial charge in [0.1, 0.15) is 5.56 Å². The minimum absolute atomic E-state index is 0.188. The van der Waals surface area contributed by atoms with Crippen molar-refractivity contribution in [1.29, 1.82) is 0 Å². The lowest BCUT2D eigenvalue weighted by Gasteiger charge is -2.09. The fourth-order valence-corrected chi connectivity index (χ4v) is 1.39. The summed E-state index contributed by atoms with van der Waals surface area (Å²) in [5.41, 5.74) is -0.576. The molecule has 1 amide bonds. The van der Waals surface area contributed by atoms with Gasteiger partial charge in [-0.15, -0.1) is 0 Å². The van der Waals surface area contributed by atoms with Gasteiger partial charge in [-0.25, -0.2) is 0 Å². The Labute approximate surface area is 107 Å². The van der Waals surface area contributed by atoms with Crippen molar-refractivity contribution in [3.8, 4) is 0 Å². The largest absolute Gasteiger partial charge is 0.394 e. The molecule has 0 heterocycles. The summed E-state index contributed by atoms with van der Waals surface area (Å²) in [6.45, 7) is -0.725. The maximum atomic E-state index is 11.7. The van der Waals surface area contributed by atoms with Gasteiger partial charge in [0.25, 0.3) is 11.6 Å². The Bertz CT molecular complexity index is 466. The van der Waals surface area contributed by atoms with Gasteiger partial charge in [0.05, 0.1) is 17.6 Å². The van der Waals surface area contributed by atoms with E-state index in [2.05, 4.69) is 5.32 Å². The third-order valence-corrected chi connectivity index (χ3v) is 2.34. The maximum Gasteiger partial charge on any atom is 0.282 e. The van der Waals surface area contributed by atoms with Crippen LogP contribution in [0.4, 0.5) is 5.69 Å². The van der Waals surface area contributed by atoms with Crippen LogP contribution in [0.2, 0.25) is 5.02 Å². The number of benzene rings is 1. The van der Waals surface area contributed by atoms with Gasteiger partial charge in [0.15, 0.2) is 0 Å². The predicted octanol–water partition coefficient (Wildman–Crippen LogP) is 0.331. The molecular formula is C10H11ClN2O5. The lowest BCUT2D eigenvalue weighted by Crippen LogP contribution is -2.34. The molecule has 0 radical (unpaired) electrons. The van der Waals surface area contributed by atoms with E-state index in [9.17, 15) is 14.9 Å². The van der Waals surface area contributed by atoms with Gasteiger partial charge < -0.3 is 15.5 Å². The van der Waals surface area contributed by atoms with Crippen LogP contribution in [0.15, 0.2) is 18.2 Å². The minimum Gasteiger partial charge on any atom is -0.394 e. The van der Waals surface area contributed by atoms with Crippen molar-refractivity contribution in [2.45, 2.75) is 6.10 Å². The number of halogens is 1. The second-order valence-electron chi connectivity index (χ2n) is 3.47. The van der Waals surface area contributed by atoms with Gasteiger partial charge in [-0.1, -0.05) is 11.6 Å². The zero-order chi connectivity index (χ0) is 13.7. The average Bonchev–Trinajstić information content (AvgIpc) is 2.34. The lowest BCUT2D eigenvalue weighted by atomic mass is 10.1. The van der Waals surface area contributed by atoms with Gasteiger partial charge in [0.2, 0.25) is 0 Å². The zero-order valence-corrected chi connectivity index (χ0v) is 9.92. The minimum atomic E-state index is -1.12. The van der Waals surface area contributed by atoms with E-state index in [1.165, 1.54) is 12.1 Å². The highest BCUT2D eigenvalue weighted by Crippen LogP contribution is 2.22. The highest BCUT2D eigenvalue weighted by atomic mass is 35.5. The summed E-state index contributed by atoms with van der Waals surface area (Å²) in [4.78, 5) is 21.7. The molecule has 8 heteroatoms. The average molecular weight is 275 g/mol. The molecule has 0 fully saturated rings. The molecule has 0 aromatic heterocycles. The van der Waals surface area contributed by atoms with Crippen LogP contribution < -0.4 is 5.32 Å². The van der Waals surface area contributed by atoms with E-state index in [0.29, 0.717) is 0 Å². The van der Waals surface area contributed by atoms with Crippen molar-refractivity contribution in [1.82, 2.24) is 5.32 Å². The van der Waals surface area contributed by atoms with E-state index >= 15 is 0 Å². The van der Waals surface area contributed by atoms with Crippen LogP contribution in [0.1, 0.15) is 10.4 Å². The number of nitro groups is 1. The first-order valence-corrected chi connectivity index (χ1v) is 5.34. The summed E-state index contributed by atoms with van der Waals surface area (Å²) in [5.74, 6) is -0.739. The summed E-state index contributed by atoms with van der Waals surface area (Å²) in [5, 5.41) is 30.8. The molecular weight excluding hydrogens is 264 g/mol. The molecule has 1 aromatic rings. The van der Waals surface area contributed by atoms with Crippen LogP contribution >= 0.6 is 11.6 Å². The summed E-state index contributed by atoms with van der Waals surface area (Å²) < 4.78 is 0. The standard InChI is InChI=1S/C10H11ClN2O5/c11-6-1-2-9(13(17)18)8(3-6)10(16)12-4-7(15)5-14/h1-3,7,14-15H,4-5H2,(H,12,16). The van der Waals surface area contributed by atoms with Crippen molar-refractivity contribution in [3.63, 3.8) is 0 Å². The second kappa shape index (κ2) is 6.29. The molecule has 1 unspecified atom stereocenters. The monoisotopic (exact) mass is 274 g/mol. The van der Waals surface area contributed by atoms with E-state index < -0.39 is 23.5 Å². The van der Waals surface area contributed by atoms with Crippen LogP contribution in [0.25, 0.3) is 0 Å². The Morgan fingerprint density at radius 1 is 1.56 bits per heavy atom. The number of nitrogens with zero attached hydrogens (tertiary/aromatic N) is 1. The number of aliphatic hydroxyl groups excluding tert-OH is 2. The molecule has 0 aliphatic heterocycles. The summed E-state index contributed by atoms with van der Waals surface area (Å²) >= 11 is 5.66.